The van der Waals surface area contributed by atoms with Gasteiger partial charge in [0.1, 0.15) is 0 Å². The second-order valence-electron chi connectivity index (χ2n) is 6.35. The van der Waals surface area contributed by atoms with Crippen molar-refractivity contribution in [2.45, 2.75) is 64.6 Å². The van der Waals surface area contributed by atoms with Crippen LogP contribution in [0.25, 0.3) is 0 Å². The van der Waals surface area contributed by atoms with Crippen molar-refractivity contribution in [2.75, 3.05) is 6.54 Å². The zero-order chi connectivity index (χ0) is 13.8. The van der Waals surface area contributed by atoms with Crippen LogP contribution >= 0.6 is 11.3 Å². The summed E-state index contributed by atoms with van der Waals surface area (Å²) >= 11 is 1.85. The Hall–Kier alpha value is -0.380. The molecule has 2 unspecified atom stereocenters. The van der Waals surface area contributed by atoms with Gasteiger partial charge in [-0.2, -0.15) is 0 Å². The van der Waals surface area contributed by atoms with Crippen LogP contribution in [-0.4, -0.2) is 23.5 Å². The molecule has 1 saturated carbocycles. The van der Waals surface area contributed by atoms with E-state index in [-0.39, 0.29) is 6.04 Å². The summed E-state index contributed by atoms with van der Waals surface area (Å²) in [7, 11) is 0. The number of nitrogens with two attached hydrogens (primary N) is 1. The predicted molar refractivity (Wildman–Crippen MR) is 84.5 cm³/mol. The molecule has 108 valence electrons. The molecule has 0 aromatic carbocycles. The number of hydrogen-bond acceptors (Lipinski definition) is 3. The quantitative estimate of drug-likeness (QED) is 0.852. The number of nitrogens with zero attached hydrogens (tertiary/aromatic N) is 1. The van der Waals surface area contributed by atoms with Crippen molar-refractivity contribution in [1.29, 1.82) is 0 Å². The monoisotopic (exact) mass is 280 g/mol. The average molecular weight is 280 g/mol. The molecule has 2 nitrogen and oxygen atoms in total. The molecule has 2 rings (SSSR count). The van der Waals surface area contributed by atoms with Crippen molar-refractivity contribution >= 4 is 11.3 Å². The van der Waals surface area contributed by atoms with Crippen LogP contribution in [-0.2, 0) is 0 Å². The molecule has 1 aromatic heterocycles. The van der Waals surface area contributed by atoms with Gasteiger partial charge in [-0.15, -0.1) is 11.3 Å². The Kier molecular flexibility index (Phi) is 5.43. The van der Waals surface area contributed by atoms with Crippen molar-refractivity contribution in [1.82, 2.24) is 4.90 Å². The van der Waals surface area contributed by atoms with Crippen molar-refractivity contribution in [3.8, 4) is 0 Å². The lowest BCUT2D eigenvalue weighted by molar-refractivity contribution is 0.106. The van der Waals surface area contributed by atoms with Crippen LogP contribution in [0.5, 0.6) is 0 Å². The zero-order valence-corrected chi connectivity index (χ0v) is 13.3. The fourth-order valence-corrected chi connectivity index (χ4v) is 4.29. The molecule has 0 aliphatic heterocycles. The fraction of sp³-hybridized carbons (Fsp3) is 0.750. The fourth-order valence-electron chi connectivity index (χ4n) is 3.33. The highest BCUT2D eigenvalue weighted by Gasteiger charge is 2.32. The van der Waals surface area contributed by atoms with Crippen molar-refractivity contribution in [3.05, 3.63) is 22.4 Å². The van der Waals surface area contributed by atoms with E-state index >= 15 is 0 Å². The smallest absolute Gasteiger partial charge is 0.0593 e. The van der Waals surface area contributed by atoms with Crippen LogP contribution in [0.3, 0.4) is 0 Å². The first-order valence-electron chi connectivity index (χ1n) is 7.64. The van der Waals surface area contributed by atoms with E-state index in [0.717, 1.165) is 12.6 Å². The van der Waals surface area contributed by atoms with Gasteiger partial charge in [0.2, 0.25) is 0 Å². The van der Waals surface area contributed by atoms with E-state index < -0.39 is 0 Å². The van der Waals surface area contributed by atoms with E-state index in [1.165, 1.54) is 30.6 Å². The van der Waals surface area contributed by atoms with E-state index in [0.29, 0.717) is 12.0 Å². The molecular formula is C16H28N2S. The van der Waals surface area contributed by atoms with Gasteiger partial charge in [0.25, 0.3) is 0 Å². The minimum atomic E-state index is 0.193. The van der Waals surface area contributed by atoms with E-state index in [4.69, 9.17) is 5.73 Å². The van der Waals surface area contributed by atoms with Gasteiger partial charge in [-0.3, -0.25) is 4.90 Å². The molecule has 0 bridgehead atoms. The molecule has 1 aliphatic carbocycles. The zero-order valence-electron chi connectivity index (χ0n) is 12.5. The van der Waals surface area contributed by atoms with Crippen LogP contribution in [0, 0.1) is 5.92 Å². The molecule has 1 aromatic rings. The minimum Gasteiger partial charge on any atom is -0.326 e. The molecule has 0 radical (unpaired) electrons. The standard InChI is InChI=1S/C16H28N2S/c1-12(2)11-18(14-7-4-5-8-14)16(13(3)17)15-9-6-10-19-15/h6,9-10,12-14,16H,4-5,7-8,11,17H2,1-3H3. The van der Waals surface area contributed by atoms with Gasteiger partial charge in [0.05, 0.1) is 6.04 Å². The maximum Gasteiger partial charge on any atom is 0.0593 e. The van der Waals surface area contributed by atoms with Crippen LogP contribution in [0.4, 0.5) is 0 Å². The van der Waals surface area contributed by atoms with Crippen molar-refractivity contribution in [3.63, 3.8) is 0 Å². The first-order chi connectivity index (χ1) is 9.09. The van der Waals surface area contributed by atoms with E-state index in [2.05, 4.69) is 43.2 Å². The van der Waals surface area contributed by atoms with Gasteiger partial charge >= 0.3 is 0 Å². The van der Waals surface area contributed by atoms with Crippen molar-refractivity contribution in [2.24, 2.45) is 11.7 Å². The summed E-state index contributed by atoms with van der Waals surface area (Å²) in [5.41, 5.74) is 6.34. The molecular weight excluding hydrogens is 252 g/mol. The Balaban J connectivity index is 2.22. The van der Waals surface area contributed by atoms with Gasteiger partial charge in [0, 0.05) is 23.5 Å². The van der Waals surface area contributed by atoms with E-state index in [1.54, 1.807) is 0 Å². The van der Waals surface area contributed by atoms with Crippen LogP contribution in [0.15, 0.2) is 17.5 Å². The lowest BCUT2D eigenvalue weighted by Gasteiger charge is -2.39. The van der Waals surface area contributed by atoms with Crippen LogP contribution < -0.4 is 5.73 Å². The predicted octanol–water partition coefficient (Wildman–Crippen LogP) is 4.04. The molecule has 1 fully saturated rings. The third-order valence-corrected chi connectivity index (χ3v) is 5.00. The summed E-state index contributed by atoms with van der Waals surface area (Å²) in [4.78, 5) is 4.14. The maximum absolute atomic E-state index is 6.34. The Morgan fingerprint density at radius 1 is 1.32 bits per heavy atom. The summed E-state index contributed by atoms with van der Waals surface area (Å²) in [5.74, 6) is 0.696. The highest BCUT2D eigenvalue weighted by atomic mass is 32.1. The van der Waals surface area contributed by atoms with E-state index in [1.807, 2.05) is 11.3 Å². The maximum atomic E-state index is 6.34. The Morgan fingerprint density at radius 2 is 2.00 bits per heavy atom. The second kappa shape index (κ2) is 6.87. The first kappa shape index (κ1) is 15.0. The number of rotatable bonds is 6. The molecule has 2 atom stereocenters. The highest BCUT2D eigenvalue weighted by Crippen LogP contribution is 2.35. The van der Waals surface area contributed by atoms with Gasteiger partial charge in [-0.25, -0.2) is 0 Å². The Labute approximate surface area is 122 Å². The molecule has 3 heteroatoms. The van der Waals surface area contributed by atoms with Crippen LogP contribution in [0.1, 0.15) is 57.4 Å². The molecule has 2 N–H and O–H groups in total. The average Bonchev–Trinajstić information content (AvgIpc) is 3.00. The lowest BCUT2D eigenvalue weighted by atomic mass is 10.0. The van der Waals surface area contributed by atoms with Gasteiger partial charge in [0.15, 0.2) is 0 Å². The summed E-state index contributed by atoms with van der Waals surface area (Å²) in [6.07, 6.45) is 5.47. The molecule has 19 heavy (non-hydrogen) atoms. The molecule has 0 amide bonds. The molecule has 1 heterocycles. The van der Waals surface area contributed by atoms with Gasteiger partial charge < -0.3 is 5.73 Å². The summed E-state index contributed by atoms with van der Waals surface area (Å²) < 4.78 is 0. The number of thiophene rings is 1. The largest absolute Gasteiger partial charge is 0.326 e. The third kappa shape index (κ3) is 3.80. The van der Waals surface area contributed by atoms with Crippen LogP contribution in [0.2, 0.25) is 0 Å². The summed E-state index contributed by atoms with van der Waals surface area (Å²) in [6, 6.07) is 5.72. The minimum absolute atomic E-state index is 0.193. The first-order valence-corrected chi connectivity index (χ1v) is 8.52. The van der Waals surface area contributed by atoms with E-state index in [9.17, 15) is 0 Å². The summed E-state index contributed by atoms with van der Waals surface area (Å²) in [5, 5.41) is 2.17. The summed E-state index contributed by atoms with van der Waals surface area (Å²) in [6.45, 7) is 7.95. The van der Waals surface area contributed by atoms with Crippen molar-refractivity contribution < 1.29 is 0 Å². The second-order valence-corrected chi connectivity index (χ2v) is 7.33. The van der Waals surface area contributed by atoms with Gasteiger partial charge in [-0.1, -0.05) is 32.8 Å². The third-order valence-electron chi connectivity index (χ3n) is 4.06. The van der Waals surface area contributed by atoms with Gasteiger partial charge in [-0.05, 0) is 37.1 Å². The lowest BCUT2D eigenvalue weighted by Crippen LogP contribution is -2.45. The Bertz CT molecular complexity index is 353. The highest BCUT2D eigenvalue weighted by molar-refractivity contribution is 7.10. The Morgan fingerprint density at radius 3 is 2.47 bits per heavy atom. The topological polar surface area (TPSA) is 29.3 Å². The molecule has 0 saturated heterocycles. The number of hydrogen-bond donors (Lipinski definition) is 1. The normalized spacial score (nSPS) is 20.3. The SMILES string of the molecule is CC(C)CN(C1CCCC1)C(c1cccs1)C(C)N. The molecule has 1 aliphatic rings. The molecule has 0 spiro atoms.